The van der Waals surface area contributed by atoms with Crippen LogP contribution in [0.3, 0.4) is 0 Å². The second kappa shape index (κ2) is 4.98. The summed E-state index contributed by atoms with van der Waals surface area (Å²) in [5.74, 6) is 1.61. The monoisotopic (exact) mass is 290 g/mol. The fourth-order valence-corrected chi connectivity index (χ4v) is 2.92. The van der Waals surface area contributed by atoms with Crippen LogP contribution in [0.2, 0.25) is 0 Å². The van der Waals surface area contributed by atoms with Crippen LogP contribution in [0.5, 0.6) is 11.5 Å². The Morgan fingerprint density at radius 1 is 1.15 bits per heavy atom. The summed E-state index contributed by atoms with van der Waals surface area (Å²) < 4.78 is 11.1. The summed E-state index contributed by atoms with van der Waals surface area (Å²) in [4.78, 5) is 4.63. The van der Waals surface area contributed by atoms with E-state index in [0.29, 0.717) is 13.2 Å². The van der Waals surface area contributed by atoms with Gasteiger partial charge in [0.05, 0.1) is 5.69 Å². The van der Waals surface area contributed by atoms with E-state index in [1.165, 1.54) is 0 Å². The second-order valence-corrected chi connectivity index (χ2v) is 6.63. The fraction of sp³-hybridized carbons (Fsp3) is 0.400. The molecule has 1 aromatic carbocycles. The maximum absolute atomic E-state index is 5.61. The lowest BCUT2D eigenvalue weighted by Crippen LogP contribution is -2.25. The molecular formula is C15H18N2O2S. The van der Waals surface area contributed by atoms with Gasteiger partial charge >= 0.3 is 0 Å². The van der Waals surface area contributed by atoms with Gasteiger partial charge in [0.1, 0.15) is 13.2 Å². The van der Waals surface area contributed by atoms with Gasteiger partial charge in [-0.25, -0.2) is 4.98 Å². The minimum Gasteiger partial charge on any atom is -0.486 e. The molecule has 0 saturated heterocycles. The van der Waals surface area contributed by atoms with Crippen LogP contribution in [0, 0.1) is 0 Å². The summed E-state index contributed by atoms with van der Waals surface area (Å²) in [7, 11) is 0. The third-order valence-corrected chi connectivity index (χ3v) is 3.58. The smallest absolute Gasteiger partial charge is 0.183 e. The van der Waals surface area contributed by atoms with E-state index >= 15 is 0 Å². The van der Waals surface area contributed by atoms with Crippen molar-refractivity contribution >= 4 is 16.5 Å². The standard InChI is InChI=1S/C15H18N2O2S/c1-15(2,3)17-14-16-11(9-20-14)10-4-5-12-13(8-10)19-7-6-18-12/h4-5,8-9H,6-7H2,1-3H3,(H,16,17). The van der Waals surface area contributed by atoms with E-state index < -0.39 is 0 Å². The minimum atomic E-state index is 0.0158. The number of aromatic nitrogens is 1. The summed E-state index contributed by atoms with van der Waals surface area (Å²) in [6, 6.07) is 5.95. The van der Waals surface area contributed by atoms with E-state index in [4.69, 9.17) is 9.47 Å². The Hall–Kier alpha value is -1.75. The van der Waals surface area contributed by atoms with Crippen molar-refractivity contribution in [1.29, 1.82) is 0 Å². The lowest BCUT2D eigenvalue weighted by molar-refractivity contribution is 0.171. The van der Waals surface area contributed by atoms with E-state index in [-0.39, 0.29) is 5.54 Å². The van der Waals surface area contributed by atoms with Crippen LogP contribution in [-0.2, 0) is 0 Å². The molecule has 1 N–H and O–H groups in total. The summed E-state index contributed by atoms with van der Waals surface area (Å²) in [6.07, 6.45) is 0. The Balaban J connectivity index is 1.86. The Labute approximate surface area is 122 Å². The zero-order valence-electron chi connectivity index (χ0n) is 11.9. The molecule has 3 rings (SSSR count). The number of thiazole rings is 1. The molecule has 0 radical (unpaired) electrons. The molecular weight excluding hydrogens is 272 g/mol. The maximum Gasteiger partial charge on any atom is 0.183 e. The van der Waals surface area contributed by atoms with E-state index in [9.17, 15) is 0 Å². The topological polar surface area (TPSA) is 43.4 Å². The minimum absolute atomic E-state index is 0.0158. The van der Waals surface area contributed by atoms with Crippen molar-refractivity contribution in [2.75, 3.05) is 18.5 Å². The van der Waals surface area contributed by atoms with Gasteiger partial charge in [-0.3, -0.25) is 0 Å². The van der Waals surface area contributed by atoms with Crippen LogP contribution in [0.4, 0.5) is 5.13 Å². The van der Waals surface area contributed by atoms with Gasteiger partial charge < -0.3 is 14.8 Å². The lowest BCUT2D eigenvalue weighted by Gasteiger charge is -2.19. The first-order valence-corrected chi connectivity index (χ1v) is 7.53. The molecule has 0 fully saturated rings. The molecule has 2 aromatic rings. The molecule has 0 amide bonds. The number of nitrogens with zero attached hydrogens (tertiary/aromatic N) is 1. The molecule has 1 aliphatic rings. The predicted octanol–water partition coefficient (Wildman–Crippen LogP) is 3.79. The first-order valence-electron chi connectivity index (χ1n) is 6.65. The highest BCUT2D eigenvalue weighted by molar-refractivity contribution is 7.14. The van der Waals surface area contributed by atoms with Crippen LogP contribution in [-0.4, -0.2) is 23.7 Å². The van der Waals surface area contributed by atoms with Crippen LogP contribution in [0.1, 0.15) is 20.8 Å². The number of nitrogens with one attached hydrogen (secondary N) is 1. The van der Waals surface area contributed by atoms with Crippen molar-refractivity contribution in [3.63, 3.8) is 0 Å². The molecule has 4 nitrogen and oxygen atoms in total. The molecule has 0 spiro atoms. The number of ether oxygens (including phenoxy) is 2. The van der Waals surface area contributed by atoms with Crippen LogP contribution in [0.25, 0.3) is 11.3 Å². The normalized spacial score (nSPS) is 14.2. The molecule has 0 saturated carbocycles. The van der Waals surface area contributed by atoms with Gasteiger partial charge in [0.15, 0.2) is 16.6 Å². The van der Waals surface area contributed by atoms with E-state index in [2.05, 4.69) is 36.5 Å². The number of rotatable bonds is 2. The quantitative estimate of drug-likeness (QED) is 0.914. The van der Waals surface area contributed by atoms with Crippen LogP contribution < -0.4 is 14.8 Å². The van der Waals surface area contributed by atoms with Crippen LogP contribution in [0.15, 0.2) is 23.6 Å². The fourth-order valence-electron chi connectivity index (χ4n) is 1.99. The Kier molecular flexibility index (Phi) is 3.30. The van der Waals surface area contributed by atoms with E-state index in [1.807, 2.05) is 18.2 Å². The third-order valence-electron chi connectivity index (χ3n) is 2.82. The highest BCUT2D eigenvalue weighted by Gasteiger charge is 2.15. The molecule has 2 heterocycles. The highest BCUT2D eigenvalue weighted by atomic mass is 32.1. The summed E-state index contributed by atoms with van der Waals surface area (Å²) >= 11 is 1.61. The van der Waals surface area contributed by atoms with Crippen molar-refractivity contribution in [1.82, 2.24) is 4.98 Å². The van der Waals surface area contributed by atoms with Crippen molar-refractivity contribution in [3.8, 4) is 22.8 Å². The Morgan fingerprint density at radius 2 is 1.90 bits per heavy atom. The zero-order valence-corrected chi connectivity index (χ0v) is 12.7. The molecule has 0 atom stereocenters. The number of hydrogen-bond acceptors (Lipinski definition) is 5. The van der Waals surface area contributed by atoms with E-state index in [1.54, 1.807) is 11.3 Å². The molecule has 1 aliphatic heterocycles. The lowest BCUT2D eigenvalue weighted by atomic mass is 10.1. The summed E-state index contributed by atoms with van der Waals surface area (Å²) in [5.41, 5.74) is 2.02. The average molecular weight is 290 g/mol. The number of anilines is 1. The molecule has 0 unspecified atom stereocenters. The number of benzene rings is 1. The van der Waals surface area contributed by atoms with Crippen molar-refractivity contribution in [2.45, 2.75) is 26.3 Å². The van der Waals surface area contributed by atoms with Gasteiger partial charge in [0, 0.05) is 16.5 Å². The molecule has 106 valence electrons. The number of hydrogen-bond donors (Lipinski definition) is 1. The molecule has 20 heavy (non-hydrogen) atoms. The van der Waals surface area contributed by atoms with Gasteiger partial charge in [0.2, 0.25) is 0 Å². The largest absolute Gasteiger partial charge is 0.486 e. The highest BCUT2D eigenvalue weighted by Crippen LogP contribution is 2.35. The molecule has 5 heteroatoms. The Morgan fingerprint density at radius 3 is 2.65 bits per heavy atom. The van der Waals surface area contributed by atoms with Gasteiger partial charge in [-0.05, 0) is 39.0 Å². The maximum atomic E-state index is 5.61. The van der Waals surface area contributed by atoms with Gasteiger partial charge in [0.25, 0.3) is 0 Å². The van der Waals surface area contributed by atoms with Gasteiger partial charge in [-0.1, -0.05) is 0 Å². The first kappa shape index (κ1) is 13.2. The van der Waals surface area contributed by atoms with Crippen molar-refractivity contribution in [3.05, 3.63) is 23.6 Å². The predicted molar refractivity (Wildman–Crippen MR) is 81.9 cm³/mol. The van der Waals surface area contributed by atoms with Gasteiger partial charge in [-0.15, -0.1) is 11.3 Å². The zero-order chi connectivity index (χ0) is 14.2. The Bertz CT molecular complexity index is 617. The van der Waals surface area contributed by atoms with Gasteiger partial charge in [-0.2, -0.15) is 0 Å². The van der Waals surface area contributed by atoms with Crippen molar-refractivity contribution in [2.24, 2.45) is 0 Å². The van der Waals surface area contributed by atoms with E-state index in [0.717, 1.165) is 27.9 Å². The molecule has 0 aliphatic carbocycles. The van der Waals surface area contributed by atoms with Crippen molar-refractivity contribution < 1.29 is 9.47 Å². The third kappa shape index (κ3) is 2.88. The average Bonchev–Trinajstić information content (AvgIpc) is 2.84. The summed E-state index contributed by atoms with van der Waals surface area (Å²) in [6.45, 7) is 7.58. The molecule has 0 bridgehead atoms. The SMILES string of the molecule is CC(C)(C)Nc1nc(-c2ccc3c(c2)OCCO3)cs1. The molecule has 1 aromatic heterocycles. The van der Waals surface area contributed by atoms with Crippen LogP contribution >= 0.6 is 11.3 Å². The summed E-state index contributed by atoms with van der Waals surface area (Å²) in [5, 5.41) is 6.37. The second-order valence-electron chi connectivity index (χ2n) is 5.77. The number of fused-ring (bicyclic) bond motifs is 1. The first-order chi connectivity index (χ1) is 9.51.